The van der Waals surface area contributed by atoms with Gasteiger partial charge in [0.2, 0.25) is 0 Å². The van der Waals surface area contributed by atoms with Crippen molar-refractivity contribution >= 4 is 11.7 Å². The number of pyridine rings is 1. The molecule has 0 aliphatic carbocycles. The van der Waals surface area contributed by atoms with E-state index in [1.807, 2.05) is 24.3 Å². The van der Waals surface area contributed by atoms with E-state index in [4.69, 9.17) is 9.72 Å². The van der Waals surface area contributed by atoms with E-state index in [0.29, 0.717) is 28.9 Å². The van der Waals surface area contributed by atoms with Crippen molar-refractivity contribution in [2.24, 2.45) is 0 Å². The molecule has 0 saturated heterocycles. The molecule has 2 aliphatic rings. The maximum Gasteiger partial charge on any atom is 0.260 e. The third-order valence-corrected chi connectivity index (χ3v) is 7.05. The topological polar surface area (TPSA) is 85.2 Å². The van der Waals surface area contributed by atoms with Crippen LogP contribution in [0.4, 0.5) is 5.82 Å². The zero-order chi connectivity index (χ0) is 24.0. The number of carbonyl (C=O) groups is 1. The van der Waals surface area contributed by atoms with Gasteiger partial charge < -0.3 is 14.6 Å². The third kappa shape index (κ3) is 3.96. The third-order valence-electron chi connectivity index (χ3n) is 7.05. The molecule has 178 valence electrons. The molecule has 2 aliphatic heterocycles. The highest BCUT2D eigenvalue weighted by Crippen LogP contribution is 2.35. The zero-order valence-corrected chi connectivity index (χ0v) is 20.6. The van der Waals surface area contributed by atoms with E-state index in [-0.39, 0.29) is 11.4 Å². The van der Waals surface area contributed by atoms with Gasteiger partial charge in [-0.05, 0) is 75.9 Å². The van der Waals surface area contributed by atoms with Crippen molar-refractivity contribution in [3.63, 3.8) is 0 Å². The number of amides is 1. The van der Waals surface area contributed by atoms with Crippen molar-refractivity contribution in [3.8, 4) is 17.3 Å². The maximum absolute atomic E-state index is 13.3. The fourth-order valence-electron chi connectivity index (χ4n) is 5.02. The van der Waals surface area contributed by atoms with Gasteiger partial charge in [-0.15, -0.1) is 10.2 Å². The van der Waals surface area contributed by atoms with Gasteiger partial charge >= 0.3 is 0 Å². The molecular weight excluding hydrogens is 428 g/mol. The number of hydrogen-bond donors (Lipinski definition) is 1. The molecule has 2 aromatic heterocycles. The van der Waals surface area contributed by atoms with Gasteiger partial charge in [-0.25, -0.2) is 4.98 Å². The number of ether oxygens (including phenoxy) is 1. The van der Waals surface area contributed by atoms with Crippen LogP contribution in [0.3, 0.4) is 0 Å². The highest BCUT2D eigenvalue weighted by molar-refractivity contribution is 6.06. The van der Waals surface area contributed by atoms with Gasteiger partial charge in [-0.3, -0.25) is 9.69 Å². The van der Waals surface area contributed by atoms with Crippen LogP contribution in [-0.2, 0) is 24.9 Å². The fourth-order valence-corrected chi connectivity index (χ4v) is 5.02. The Morgan fingerprint density at radius 1 is 1.15 bits per heavy atom. The number of carbonyl (C=O) groups excluding carboxylic acids is 1. The summed E-state index contributed by atoms with van der Waals surface area (Å²) < 4.78 is 7.74. The van der Waals surface area contributed by atoms with Crippen molar-refractivity contribution in [2.45, 2.75) is 65.1 Å². The first kappa shape index (κ1) is 22.5. The van der Waals surface area contributed by atoms with Crippen LogP contribution in [0.1, 0.15) is 61.4 Å². The molecular formula is C26H32N6O2. The van der Waals surface area contributed by atoms with Crippen LogP contribution in [0.5, 0.6) is 5.75 Å². The maximum atomic E-state index is 13.3. The summed E-state index contributed by atoms with van der Waals surface area (Å²) >= 11 is 0. The Morgan fingerprint density at radius 3 is 2.74 bits per heavy atom. The number of hydrogen-bond acceptors (Lipinski definition) is 6. The molecule has 0 fully saturated rings. The second kappa shape index (κ2) is 8.51. The lowest BCUT2D eigenvalue weighted by molar-refractivity contribution is 0.102. The van der Waals surface area contributed by atoms with E-state index in [2.05, 4.69) is 52.7 Å². The molecule has 0 atom stereocenters. The number of fused-ring (bicyclic) bond motifs is 2. The average Bonchev–Trinajstić information content (AvgIpc) is 3.39. The summed E-state index contributed by atoms with van der Waals surface area (Å²) in [5, 5.41) is 11.7. The van der Waals surface area contributed by atoms with Crippen LogP contribution in [0.2, 0.25) is 0 Å². The summed E-state index contributed by atoms with van der Waals surface area (Å²) in [6.07, 6.45) is 2.88. The first-order valence-electron chi connectivity index (χ1n) is 11.9. The van der Waals surface area contributed by atoms with Gasteiger partial charge in [0, 0.05) is 31.1 Å². The molecule has 1 amide bonds. The standard InChI is InChI=1S/C26H32N6O2/c1-16(2)31-12-10-17-14-21(34-5)19(13-18(17)15-31)25(33)28-22-8-6-7-20(27-22)24-30-29-23-9-11-26(3,4)32(23)24/h6-8,13-14,16H,9-12,15H2,1-5H3,(H,27,28,33). The smallest absolute Gasteiger partial charge is 0.260 e. The van der Waals surface area contributed by atoms with E-state index in [1.54, 1.807) is 13.2 Å². The van der Waals surface area contributed by atoms with Gasteiger partial charge in [-0.2, -0.15) is 0 Å². The molecule has 8 nitrogen and oxygen atoms in total. The van der Waals surface area contributed by atoms with Crippen LogP contribution < -0.4 is 10.1 Å². The second-order valence-corrected chi connectivity index (χ2v) is 10.1. The highest BCUT2D eigenvalue weighted by atomic mass is 16.5. The van der Waals surface area contributed by atoms with Gasteiger partial charge in [-0.1, -0.05) is 6.07 Å². The SMILES string of the molecule is COc1cc2c(cc1C(=O)Nc1cccc(-c3nnc4n3C(C)(C)CC4)n1)CN(C(C)C)CC2. The lowest BCUT2D eigenvalue weighted by Gasteiger charge is -2.32. The van der Waals surface area contributed by atoms with Crippen molar-refractivity contribution < 1.29 is 9.53 Å². The summed E-state index contributed by atoms with van der Waals surface area (Å²) in [6, 6.07) is 10.0. The van der Waals surface area contributed by atoms with Crippen LogP contribution in [0.25, 0.3) is 11.5 Å². The summed E-state index contributed by atoms with van der Waals surface area (Å²) in [5.41, 5.74) is 3.57. The molecule has 4 heterocycles. The Hall–Kier alpha value is -3.26. The molecule has 0 radical (unpaired) electrons. The van der Waals surface area contributed by atoms with Crippen molar-refractivity contribution in [3.05, 3.63) is 52.8 Å². The van der Waals surface area contributed by atoms with Gasteiger partial charge in [0.15, 0.2) is 5.82 Å². The number of anilines is 1. The lowest BCUT2D eigenvalue weighted by atomic mass is 9.95. The zero-order valence-electron chi connectivity index (χ0n) is 20.6. The van der Waals surface area contributed by atoms with Gasteiger partial charge in [0.1, 0.15) is 23.1 Å². The predicted octanol–water partition coefficient (Wildman–Crippen LogP) is 4.05. The van der Waals surface area contributed by atoms with E-state index in [9.17, 15) is 4.79 Å². The Bertz CT molecular complexity index is 1250. The number of aromatic nitrogens is 4. The van der Waals surface area contributed by atoms with Crippen molar-refractivity contribution in [1.82, 2.24) is 24.6 Å². The Labute approximate surface area is 200 Å². The first-order valence-corrected chi connectivity index (χ1v) is 11.9. The number of rotatable bonds is 5. The van der Waals surface area contributed by atoms with E-state index < -0.39 is 0 Å². The minimum Gasteiger partial charge on any atom is -0.496 e. The minimum atomic E-state index is -0.238. The number of nitrogens with one attached hydrogen (secondary N) is 1. The Morgan fingerprint density at radius 2 is 1.97 bits per heavy atom. The van der Waals surface area contributed by atoms with Crippen LogP contribution in [-0.4, -0.2) is 50.3 Å². The second-order valence-electron chi connectivity index (χ2n) is 10.1. The molecule has 1 aromatic carbocycles. The quantitative estimate of drug-likeness (QED) is 0.618. The first-order chi connectivity index (χ1) is 16.3. The largest absolute Gasteiger partial charge is 0.496 e. The number of nitrogens with zero attached hydrogens (tertiary/aromatic N) is 5. The molecule has 0 saturated carbocycles. The molecule has 3 aromatic rings. The summed E-state index contributed by atoms with van der Waals surface area (Å²) in [5.74, 6) is 2.53. The molecule has 0 spiro atoms. The van der Waals surface area contributed by atoms with Crippen LogP contribution in [0, 0.1) is 0 Å². The van der Waals surface area contributed by atoms with Crippen LogP contribution in [0.15, 0.2) is 30.3 Å². The average molecular weight is 461 g/mol. The summed E-state index contributed by atoms with van der Waals surface area (Å²) in [6.45, 7) is 10.6. The summed E-state index contributed by atoms with van der Waals surface area (Å²) in [7, 11) is 1.61. The number of benzene rings is 1. The normalized spacial score (nSPS) is 16.9. The highest BCUT2D eigenvalue weighted by Gasteiger charge is 2.34. The molecule has 34 heavy (non-hydrogen) atoms. The minimum absolute atomic E-state index is 0.0601. The number of aryl methyl sites for hydroxylation is 1. The van der Waals surface area contributed by atoms with Gasteiger partial charge in [0.25, 0.3) is 5.91 Å². The lowest BCUT2D eigenvalue weighted by Crippen LogP contribution is -2.36. The van der Waals surface area contributed by atoms with Gasteiger partial charge in [0.05, 0.1) is 12.7 Å². The molecule has 1 N–H and O–H groups in total. The molecule has 0 unspecified atom stereocenters. The van der Waals surface area contributed by atoms with Crippen molar-refractivity contribution in [2.75, 3.05) is 19.0 Å². The molecule has 5 rings (SSSR count). The molecule has 8 heteroatoms. The Balaban J connectivity index is 1.42. The van der Waals surface area contributed by atoms with Crippen molar-refractivity contribution in [1.29, 1.82) is 0 Å². The van der Waals surface area contributed by atoms with E-state index in [0.717, 1.165) is 44.0 Å². The number of methoxy groups -OCH3 is 1. The fraction of sp³-hybridized carbons (Fsp3) is 0.462. The monoisotopic (exact) mass is 460 g/mol. The van der Waals surface area contributed by atoms with E-state index in [1.165, 1.54) is 11.1 Å². The molecule has 0 bridgehead atoms. The predicted molar refractivity (Wildman–Crippen MR) is 131 cm³/mol. The van der Waals surface area contributed by atoms with Crippen LogP contribution >= 0.6 is 0 Å². The van der Waals surface area contributed by atoms with E-state index >= 15 is 0 Å². The Kier molecular flexibility index (Phi) is 5.64. The summed E-state index contributed by atoms with van der Waals surface area (Å²) in [4.78, 5) is 20.4.